The smallest absolute Gasteiger partial charge is 0.344 e. The van der Waals surface area contributed by atoms with Crippen molar-refractivity contribution in [3.63, 3.8) is 0 Å². The molecular weight excluding hydrogens is 456 g/mol. The van der Waals surface area contributed by atoms with Gasteiger partial charge in [0.05, 0.1) is 30.4 Å². The van der Waals surface area contributed by atoms with Crippen molar-refractivity contribution in [1.29, 1.82) is 5.41 Å². The van der Waals surface area contributed by atoms with Gasteiger partial charge in [-0.25, -0.2) is 4.79 Å². The van der Waals surface area contributed by atoms with Crippen LogP contribution in [-0.2, 0) is 16.1 Å². The summed E-state index contributed by atoms with van der Waals surface area (Å²) in [5.41, 5.74) is 2.45. The maximum Gasteiger partial charge on any atom is 0.344 e. The second-order valence-electron chi connectivity index (χ2n) is 7.59. The largest absolute Gasteiger partial charge is 0.493 e. The van der Waals surface area contributed by atoms with Gasteiger partial charge in [0.25, 0.3) is 5.91 Å². The van der Waals surface area contributed by atoms with Crippen molar-refractivity contribution in [2.45, 2.75) is 26.8 Å². The Kier molecular flexibility index (Phi) is 8.70. The highest BCUT2D eigenvalue weighted by Crippen LogP contribution is 2.29. The minimum absolute atomic E-state index is 0.103. The van der Waals surface area contributed by atoms with E-state index in [1.165, 1.54) is 16.7 Å². The number of carbonyl (C=O) groups is 3. The molecule has 0 radical (unpaired) electrons. The van der Waals surface area contributed by atoms with Crippen LogP contribution in [0.1, 0.15) is 52.1 Å². The number of ether oxygens (including phenoxy) is 3. The monoisotopic (exact) mass is 484 g/mol. The van der Waals surface area contributed by atoms with Crippen molar-refractivity contribution in [3.05, 3.63) is 58.7 Å². The van der Waals surface area contributed by atoms with Crippen LogP contribution in [0.2, 0.25) is 0 Å². The number of nitrogens with zero attached hydrogens (tertiary/aromatic N) is 1. The second kappa shape index (κ2) is 11.7. The maximum atomic E-state index is 13.1. The Hall–Kier alpha value is -3.33. The molecule has 0 spiro atoms. The van der Waals surface area contributed by atoms with E-state index in [2.05, 4.69) is 0 Å². The lowest BCUT2D eigenvalue weighted by molar-refractivity contribution is -0.145. The van der Waals surface area contributed by atoms with Gasteiger partial charge in [0.2, 0.25) is 0 Å². The van der Waals surface area contributed by atoms with E-state index in [1.807, 2.05) is 19.2 Å². The van der Waals surface area contributed by atoms with Gasteiger partial charge in [-0.2, -0.15) is 0 Å². The van der Waals surface area contributed by atoms with Gasteiger partial charge in [0.15, 0.2) is 12.4 Å². The molecule has 0 aliphatic carbocycles. The first-order chi connectivity index (χ1) is 16.4. The number of esters is 1. The van der Waals surface area contributed by atoms with Crippen LogP contribution in [0, 0.1) is 5.41 Å². The van der Waals surface area contributed by atoms with Crippen molar-refractivity contribution >= 4 is 34.5 Å². The van der Waals surface area contributed by atoms with E-state index < -0.39 is 5.97 Å². The van der Waals surface area contributed by atoms with Gasteiger partial charge in [-0.3, -0.25) is 15.0 Å². The van der Waals surface area contributed by atoms with Crippen molar-refractivity contribution in [1.82, 2.24) is 4.90 Å². The van der Waals surface area contributed by atoms with E-state index >= 15 is 0 Å². The number of rotatable bonds is 11. The summed E-state index contributed by atoms with van der Waals surface area (Å²) < 4.78 is 16.1. The number of nitrogens with one attached hydrogen (secondary N) is 1. The zero-order valence-corrected chi connectivity index (χ0v) is 20.3. The number of carbonyl (C=O) groups excluding carboxylic acids is 3. The molecule has 0 aromatic heterocycles. The lowest BCUT2D eigenvalue weighted by Gasteiger charge is -2.17. The molecule has 0 unspecified atom stereocenters. The molecule has 0 saturated heterocycles. The standard InChI is InChI=1S/C25H28N2O6S/c1-4-10-32-22-12-18(33-15-23(29)31-5-2)7-9-20(22)21(28)14-27-13-17-11-16(24(26)34-3)6-8-19(17)25(27)30/h6-9,11-12,26H,4-5,10,13-15H2,1-3H3. The Labute approximate surface area is 203 Å². The van der Waals surface area contributed by atoms with Crippen LogP contribution in [0.4, 0.5) is 0 Å². The summed E-state index contributed by atoms with van der Waals surface area (Å²) in [7, 11) is 0. The predicted molar refractivity (Wildman–Crippen MR) is 130 cm³/mol. The number of Topliss-reactive ketones (excluding diaryl/α,β-unsaturated/α-hetero) is 1. The fourth-order valence-electron chi connectivity index (χ4n) is 3.53. The summed E-state index contributed by atoms with van der Waals surface area (Å²) in [4.78, 5) is 39.0. The molecule has 2 aromatic rings. The highest BCUT2D eigenvalue weighted by Gasteiger charge is 2.30. The van der Waals surface area contributed by atoms with E-state index in [1.54, 1.807) is 37.3 Å². The summed E-state index contributed by atoms with van der Waals surface area (Å²) >= 11 is 1.33. The van der Waals surface area contributed by atoms with Gasteiger partial charge in [-0.15, -0.1) is 11.8 Å². The molecule has 1 heterocycles. The number of fused-ring (bicyclic) bond motifs is 1. The molecule has 180 valence electrons. The third-order valence-corrected chi connectivity index (χ3v) is 5.81. The first-order valence-corrected chi connectivity index (χ1v) is 12.2. The van der Waals surface area contributed by atoms with Crippen molar-refractivity contribution in [2.75, 3.05) is 32.6 Å². The molecule has 0 saturated carbocycles. The molecule has 34 heavy (non-hydrogen) atoms. The quantitative estimate of drug-likeness (QED) is 0.223. The molecule has 0 fully saturated rings. The van der Waals surface area contributed by atoms with Gasteiger partial charge in [-0.1, -0.05) is 13.0 Å². The highest BCUT2D eigenvalue weighted by molar-refractivity contribution is 8.13. The summed E-state index contributed by atoms with van der Waals surface area (Å²) in [5.74, 6) is -0.240. The first kappa shape index (κ1) is 25.3. The van der Waals surface area contributed by atoms with Crippen LogP contribution in [0.5, 0.6) is 11.5 Å². The van der Waals surface area contributed by atoms with E-state index in [0.717, 1.165) is 17.5 Å². The third kappa shape index (κ3) is 5.96. The molecule has 1 aliphatic rings. The SMILES string of the molecule is CCCOc1cc(OCC(=O)OCC)ccc1C(=O)CN1Cc2cc(C(=N)SC)ccc2C1=O. The van der Waals surface area contributed by atoms with Crippen LogP contribution in [-0.4, -0.2) is 60.2 Å². The fraction of sp³-hybridized carbons (Fsp3) is 0.360. The van der Waals surface area contributed by atoms with Crippen LogP contribution >= 0.6 is 11.8 Å². The average molecular weight is 485 g/mol. The number of thioether (sulfide) groups is 1. The Morgan fingerprint density at radius 2 is 1.91 bits per heavy atom. The predicted octanol–water partition coefficient (Wildman–Crippen LogP) is 3.94. The normalized spacial score (nSPS) is 12.3. The Balaban J connectivity index is 1.74. The zero-order chi connectivity index (χ0) is 24.7. The zero-order valence-electron chi connectivity index (χ0n) is 19.5. The highest BCUT2D eigenvalue weighted by atomic mass is 32.2. The molecule has 8 nitrogen and oxygen atoms in total. The van der Waals surface area contributed by atoms with E-state index in [0.29, 0.717) is 40.8 Å². The molecular formula is C25H28N2O6S. The molecule has 0 bridgehead atoms. The van der Waals surface area contributed by atoms with Crippen LogP contribution in [0.25, 0.3) is 0 Å². The molecule has 1 N–H and O–H groups in total. The Morgan fingerprint density at radius 1 is 1.12 bits per heavy atom. The van der Waals surface area contributed by atoms with Gasteiger partial charge < -0.3 is 19.1 Å². The molecule has 1 aliphatic heterocycles. The van der Waals surface area contributed by atoms with Gasteiger partial charge in [0, 0.05) is 23.7 Å². The summed E-state index contributed by atoms with van der Waals surface area (Å²) in [6, 6.07) is 10.1. The maximum absolute atomic E-state index is 13.1. The van der Waals surface area contributed by atoms with Crippen molar-refractivity contribution < 1.29 is 28.6 Å². The van der Waals surface area contributed by atoms with Gasteiger partial charge in [-0.05, 0) is 49.4 Å². The van der Waals surface area contributed by atoms with Crippen LogP contribution < -0.4 is 9.47 Å². The minimum Gasteiger partial charge on any atom is -0.493 e. The summed E-state index contributed by atoms with van der Waals surface area (Å²) in [6.45, 7) is 4.29. The number of ketones is 1. The number of benzene rings is 2. The van der Waals surface area contributed by atoms with Crippen molar-refractivity contribution in [2.24, 2.45) is 0 Å². The molecule has 9 heteroatoms. The Morgan fingerprint density at radius 3 is 2.62 bits per heavy atom. The van der Waals surface area contributed by atoms with Crippen LogP contribution in [0.3, 0.4) is 0 Å². The topological polar surface area (TPSA) is 106 Å². The average Bonchev–Trinajstić information content (AvgIpc) is 3.15. The van der Waals surface area contributed by atoms with Crippen LogP contribution in [0.15, 0.2) is 36.4 Å². The Bertz CT molecular complexity index is 1100. The lowest BCUT2D eigenvalue weighted by Crippen LogP contribution is -2.30. The molecule has 3 rings (SSSR count). The van der Waals surface area contributed by atoms with Gasteiger partial charge >= 0.3 is 5.97 Å². The summed E-state index contributed by atoms with van der Waals surface area (Å²) in [5, 5.41) is 8.42. The van der Waals surface area contributed by atoms with E-state index in [9.17, 15) is 14.4 Å². The van der Waals surface area contributed by atoms with E-state index in [4.69, 9.17) is 19.6 Å². The molecule has 2 aromatic carbocycles. The number of hydrogen-bond acceptors (Lipinski definition) is 8. The van der Waals surface area contributed by atoms with E-state index in [-0.39, 0.29) is 31.4 Å². The number of amides is 1. The number of hydrogen-bond donors (Lipinski definition) is 1. The molecule has 1 amide bonds. The first-order valence-electron chi connectivity index (χ1n) is 11.0. The van der Waals surface area contributed by atoms with Gasteiger partial charge in [0.1, 0.15) is 11.5 Å². The second-order valence-corrected chi connectivity index (χ2v) is 8.41. The van der Waals surface area contributed by atoms with Crippen molar-refractivity contribution in [3.8, 4) is 11.5 Å². The third-order valence-electron chi connectivity index (χ3n) is 5.16. The molecule has 0 atom stereocenters. The minimum atomic E-state index is -0.485. The lowest BCUT2D eigenvalue weighted by atomic mass is 10.1. The summed E-state index contributed by atoms with van der Waals surface area (Å²) in [6.07, 6.45) is 2.58. The fourth-order valence-corrected chi connectivity index (χ4v) is 3.89.